The number of rotatable bonds is 3. The van der Waals surface area contributed by atoms with Crippen molar-refractivity contribution >= 4 is 22.5 Å². The van der Waals surface area contributed by atoms with Gasteiger partial charge in [0.25, 0.3) is 0 Å². The van der Waals surface area contributed by atoms with E-state index < -0.39 is 0 Å². The fourth-order valence-corrected chi connectivity index (χ4v) is 3.07. The number of aromatic nitrogens is 4. The maximum absolute atomic E-state index is 11.8. The minimum absolute atomic E-state index is 0.268. The molecule has 2 amide bonds. The van der Waals surface area contributed by atoms with Gasteiger partial charge in [0.05, 0.1) is 12.2 Å². The van der Waals surface area contributed by atoms with Crippen molar-refractivity contribution in [3.05, 3.63) is 22.7 Å². The Balaban J connectivity index is 1.57. The molecule has 0 fully saturated rings. The average molecular weight is 306 g/mol. The summed E-state index contributed by atoms with van der Waals surface area (Å²) in [6.45, 7) is 3.21. The summed E-state index contributed by atoms with van der Waals surface area (Å²) >= 11 is 1.41. The van der Waals surface area contributed by atoms with Crippen molar-refractivity contribution in [1.82, 2.24) is 25.1 Å². The van der Waals surface area contributed by atoms with Crippen molar-refractivity contribution in [3.8, 4) is 0 Å². The van der Waals surface area contributed by atoms with Crippen LogP contribution in [0.4, 0.5) is 9.93 Å². The van der Waals surface area contributed by atoms with Crippen LogP contribution in [0.15, 0.2) is 5.38 Å². The summed E-state index contributed by atoms with van der Waals surface area (Å²) in [5.74, 6) is 1.85. The molecule has 8 heteroatoms. The molecule has 0 aliphatic carbocycles. The van der Waals surface area contributed by atoms with Gasteiger partial charge in [-0.15, -0.1) is 21.5 Å². The van der Waals surface area contributed by atoms with Crippen LogP contribution in [0.25, 0.3) is 0 Å². The number of aryl methyl sites for hydroxylation is 2. The van der Waals surface area contributed by atoms with Crippen LogP contribution in [-0.4, -0.2) is 25.8 Å². The third-order valence-corrected chi connectivity index (χ3v) is 4.31. The summed E-state index contributed by atoms with van der Waals surface area (Å²) in [6.07, 6.45) is 4.50. The first-order valence-corrected chi connectivity index (χ1v) is 7.98. The normalized spacial score (nSPS) is 14.3. The van der Waals surface area contributed by atoms with Gasteiger partial charge in [-0.25, -0.2) is 9.78 Å². The summed E-state index contributed by atoms with van der Waals surface area (Å²) in [5, 5.41) is 16.4. The zero-order chi connectivity index (χ0) is 14.7. The van der Waals surface area contributed by atoms with E-state index in [0.29, 0.717) is 11.7 Å². The lowest BCUT2D eigenvalue weighted by Gasteiger charge is -2.08. The molecule has 3 heterocycles. The Kier molecular flexibility index (Phi) is 4.14. The first kappa shape index (κ1) is 14.0. The van der Waals surface area contributed by atoms with E-state index in [0.717, 1.165) is 43.1 Å². The molecule has 2 N–H and O–H groups in total. The van der Waals surface area contributed by atoms with Gasteiger partial charge in [-0.2, -0.15) is 0 Å². The number of carbonyl (C=O) groups is 1. The quantitative estimate of drug-likeness (QED) is 0.909. The predicted molar refractivity (Wildman–Crippen MR) is 80.3 cm³/mol. The third kappa shape index (κ3) is 3.38. The molecule has 0 saturated carbocycles. The summed E-state index contributed by atoms with van der Waals surface area (Å²) in [6, 6.07) is -0.268. The maximum Gasteiger partial charge on any atom is 0.321 e. The summed E-state index contributed by atoms with van der Waals surface area (Å²) in [4.78, 5) is 16.0. The van der Waals surface area contributed by atoms with E-state index in [4.69, 9.17) is 0 Å². The van der Waals surface area contributed by atoms with Crippen LogP contribution >= 0.6 is 11.3 Å². The molecule has 0 bridgehead atoms. The minimum Gasteiger partial charge on any atom is -0.331 e. The highest BCUT2D eigenvalue weighted by Gasteiger charge is 2.15. The zero-order valence-electron chi connectivity index (χ0n) is 11.9. The Hall–Kier alpha value is -1.96. The maximum atomic E-state index is 11.8. The molecule has 2 aromatic heterocycles. The molecule has 112 valence electrons. The zero-order valence-corrected chi connectivity index (χ0v) is 12.7. The highest BCUT2D eigenvalue weighted by molar-refractivity contribution is 7.13. The smallest absolute Gasteiger partial charge is 0.321 e. The molecule has 1 aliphatic heterocycles. The molecule has 0 spiro atoms. The Bertz CT molecular complexity index is 634. The molecular formula is C13H18N6OS. The monoisotopic (exact) mass is 306 g/mol. The van der Waals surface area contributed by atoms with E-state index >= 15 is 0 Å². The van der Waals surface area contributed by atoms with E-state index in [1.807, 2.05) is 12.3 Å². The molecule has 3 rings (SSSR count). The number of thiazole rings is 1. The van der Waals surface area contributed by atoms with E-state index in [9.17, 15) is 4.79 Å². The second kappa shape index (κ2) is 6.21. The Morgan fingerprint density at radius 2 is 2.29 bits per heavy atom. The second-order valence-electron chi connectivity index (χ2n) is 5.10. The van der Waals surface area contributed by atoms with Crippen molar-refractivity contribution in [2.75, 3.05) is 5.32 Å². The van der Waals surface area contributed by atoms with Gasteiger partial charge in [0.15, 0.2) is 11.0 Å². The highest BCUT2D eigenvalue weighted by atomic mass is 32.1. The van der Waals surface area contributed by atoms with Crippen molar-refractivity contribution in [1.29, 1.82) is 0 Å². The van der Waals surface area contributed by atoms with Crippen LogP contribution in [0.2, 0.25) is 0 Å². The fraction of sp³-hybridized carbons (Fsp3) is 0.538. The second-order valence-corrected chi connectivity index (χ2v) is 5.95. The summed E-state index contributed by atoms with van der Waals surface area (Å²) in [7, 11) is 0. The fourth-order valence-electron chi connectivity index (χ4n) is 2.39. The van der Waals surface area contributed by atoms with Crippen LogP contribution in [0.3, 0.4) is 0 Å². The van der Waals surface area contributed by atoms with Crippen LogP contribution < -0.4 is 10.6 Å². The Morgan fingerprint density at radius 1 is 1.38 bits per heavy atom. The van der Waals surface area contributed by atoms with Crippen LogP contribution in [0.5, 0.6) is 0 Å². The Morgan fingerprint density at radius 3 is 3.10 bits per heavy atom. The summed E-state index contributed by atoms with van der Waals surface area (Å²) < 4.78 is 2.13. The Labute approximate surface area is 126 Å². The van der Waals surface area contributed by atoms with Crippen molar-refractivity contribution in [3.63, 3.8) is 0 Å². The van der Waals surface area contributed by atoms with Gasteiger partial charge in [0.2, 0.25) is 0 Å². The SMILES string of the molecule is Cc1csc(NC(=O)NCc2nnc3n2CCCCC3)n1. The molecule has 7 nitrogen and oxygen atoms in total. The first-order valence-electron chi connectivity index (χ1n) is 7.10. The van der Waals surface area contributed by atoms with Gasteiger partial charge in [-0.3, -0.25) is 5.32 Å². The molecule has 0 atom stereocenters. The molecule has 0 radical (unpaired) electrons. The van der Waals surface area contributed by atoms with Crippen molar-refractivity contribution < 1.29 is 4.79 Å². The number of carbonyl (C=O) groups excluding carboxylic acids is 1. The van der Waals surface area contributed by atoms with Crippen molar-refractivity contribution in [2.45, 2.75) is 45.7 Å². The van der Waals surface area contributed by atoms with Crippen LogP contribution in [0.1, 0.15) is 36.6 Å². The van der Waals surface area contributed by atoms with Gasteiger partial charge < -0.3 is 9.88 Å². The number of nitrogens with one attached hydrogen (secondary N) is 2. The molecule has 0 saturated heterocycles. The molecule has 1 aliphatic rings. The lowest BCUT2D eigenvalue weighted by molar-refractivity contribution is 0.251. The largest absolute Gasteiger partial charge is 0.331 e. The number of nitrogens with zero attached hydrogens (tertiary/aromatic N) is 4. The van der Waals surface area contributed by atoms with E-state index in [1.165, 1.54) is 17.8 Å². The number of fused-ring (bicyclic) bond motifs is 1. The number of amides is 2. The summed E-state index contributed by atoms with van der Waals surface area (Å²) in [5.41, 5.74) is 0.901. The standard InChI is InChI=1S/C13H18N6OS/c1-9-8-21-13(15-9)16-12(20)14-7-11-18-17-10-5-3-2-4-6-19(10)11/h8H,2-7H2,1H3,(H2,14,15,16,20). The van der Waals surface area contributed by atoms with E-state index in [1.54, 1.807) is 0 Å². The van der Waals surface area contributed by atoms with Gasteiger partial charge in [0.1, 0.15) is 5.82 Å². The van der Waals surface area contributed by atoms with E-state index in [-0.39, 0.29) is 6.03 Å². The minimum atomic E-state index is -0.268. The lowest BCUT2D eigenvalue weighted by atomic mass is 10.2. The number of anilines is 1. The number of hydrogen-bond acceptors (Lipinski definition) is 5. The van der Waals surface area contributed by atoms with Crippen LogP contribution in [-0.2, 0) is 19.5 Å². The van der Waals surface area contributed by atoms with Gasteiger partial charge in [0, 0.05) is 18.3 Å². The van der Waals surface area contributed by atoms with E-state index in [2.05, 4.69) is 30.4 Å². The molecular weight excluding hydrogens is 288 g/mol. The average Bonchev–Trinajstić information content (AvgIpc) is 2.96. The van der Waals surface area contributed by atoms with Gasteiger partial charge in [-0.1, -0.05) is 6.42 Å². The lowest BCUT2D eigenvalue weighted by Crippen LogP contribution is -2.29. The third-order valence-electron chi connectivity index (χ3n) is 3.43. The number of hydrogen-bond donors (Lipinski definition) is 2. The number of urea groups is 1. The molecule has 2 aromatic rings. The first-order chi connectivity index (χ1) is 10.2. The van der Waals surface area contributed by atoms with Crippen LogP contribution in [0, 0.1) is 6.92 Å². The molecule has 21 heavy (non-hydrogen) atoms. The van der Waals surface area contributed by atoms with Gasteiger partial charge in [-0.05, 0) is 19.8 Å². The topological polar surface area (TPSA) is 84.7 Å². The predicted octanol–water partition coefficient (Wildman–Crippen LogP) is 2.09. The van der Waals surface area contributed by atoms with Gasteiger partial charge >= 0.3 is 6.03 Å². The molecule has 0 aromatic carbocycles. The van der Waals surface area contributed by atoms with Crippen molar-refractivity contribution in [2.24, 2.45) is 0 Å². The molecule has 0 unspecified atom stereocenters. The highest BCUT2D eigenvalue weighted by Crippen LogP contribution is 2.15.